The van der Waals surface area contributed by atoms with Crippen molar-refractivity contribution in [3.05, 3.63) is 33.3 Å². The maximum Gasteiger partial charge on any atom is 0.0491 e. The minimum atomic E-state index is 0.728. The van der Waals surface area contributed by atoms with Crippen molar-refractivity contribution in [2.75, 3.05) is 26.8 Å². The van der Waals surface area contributed by atoms with Crippen molar-refractivity contribution in [2.45, 2.75) is 19.4 Å². The summed E-state index contributed by atoms with van der Waals surface area (Å²) < 4.78 is 6.26. The van der Waals surface area contributed by atoms with Gasteiger partial charge in [0.15, 0.2) is 0 Å². The molecular weight excluding hydrogens is 314 g/mol. The molecule has 1 saturated heterocycles. The summed E-state index contributed by atoms with van der Waals surface area (Å²) in [5, 5.41) is 0.850. The fraction of sp³-hybridized carbons (Fsp3) is 0.571. The fourth-order valence-electron chi connectivity index (χ4n) is 2.44. The highest BCUT2D eigenvalue weighted by Crippen LogP contribution is 2.25. The monoisotopic (exact) mass is 331 g/mol. The molecule has 1 aliphatic rings. The second-order valence-electron chi connectivity index (χ2n) is 4.91. The van der Waals surface area contributed by atoms with E-state index in [2.05, 4.69) is 33.0 Å². The molecule has 1 aliphatic heterocycles. The van der Waals surface area contributed by atoms with Crippen molar-refractivity contribution in [1.82, 2.24) is 4.90 Å². The van der Waals surface area contributed by atoms with Crippen LogP contribution in [0.15, 0.2) is 22.7 Å². The third-order valence-electron chi connectivity index (χ3n) is 3.52. The summed E-state index contributed by atoms with van der Waals surface area (Å²) in [5.74, 6) is 0.728. The number of ether oxygens (including phenoxy) is 1. The van der Waals surface area contributed by atoms with Crippen LogP contribution in [0, 0.1) is 5.92 Å². The van der Waals surface area contributed by atoms with Gasteiger partial charge in [0.25, 0.3) is 0 Å². The molecule has 1 fully saturated rings. The number of benzene rings is 1. The highest BCUT2D eigenvalue weighted by Gasteiger charge is 2.19. The number of methoxy groups -OCH3 is 1. The Hall–Kier alpha value is -0.0900. The SMILES string of the molecule is COCC1CCN(Cc2ccc(Br)cc2Cl)CC1. The molecular formula is C14H19BrClNO. The highest BCUT2D eigenvalue weighted by atomic mass is 79.9. The maximum atomic E-state index is 6.25. The molecule has 0 aromatic heterocycles. The van der Waals surface area contributed by atoms with E-state index in [-0.39, 0.29) is 0 Å². The molecule has 4 heteroatoms. The van der Waals surface area contributed by atoms with Gasteiger partial charge in [0, 0.05) is 29.8 Å². The average Bonchev–Trinajstić information content (AvgIpc) is 2.35. The molecule has 0 radical (unpaired) electrons. The van der Waals surface area contributed by atoms with E-state index in [0.717, 1.165) is 41.7 Å². The molecule has 18 heavy (non-hydrogen) atoms. The third kappa shape index (κ3) is 3.95. The molecule has 0 spiro atoms. The van der Waals surface area contributed by atoms with E-state index in [4.69, 9.17) is 16.3 Å². The Morgan fingerprint density at radius 3 is 2.72 bits per heavy atom. The normalized spacial score (nSPS) is 18.2. The van der Waals surface area contributed by atoms with Gasteiger partial charge >= 0.3 is 0 Å². The molecule has 0 atom stereocenters. The van der Waals surface area contributed by atoms with Crippen LogP contribution in [0.2, 0.25) is 5.02 Å². The van der Waals surface area contributed by atoms with Crippen LogP contribution in [0.1, 0.15) is 18.4 Å². The predicted octanol–water partition coefficient (Wildman–Crippen LogP) is 3.96. The van der Waals surface area contributed by atoms with Crippen molar-refractivity contribution in [3.63, 3.8) is 0 Å². The standard InChI is InChI=1S/C14H19BrClNO/c1-18-10-11-4-6-17(7-5-11)9-12-2-3-13(15)8-14(12)16/h2-3,8,11H,4-7,9-10H2,1H3. The number of hydrogen-bond acceptors (Lipinski definition) is 2. The second kappa shape index (κ2) is 6.90. The van der Waals surface area contributed by atoms with E-state index in [1.807, 2.05) is 6.07 Å². The zero-order chi connectivity index (χ0) is 13.0. The van der Waals surface area contributed by atoms with E-state index in [1.54, 1.807) is 7.11 Å². The second-order valence-corrected chi connectivity index (χ2v) is 6.23. The Labute approximate surface area is 122 Å². The van der Waals surface area contributed by atoms with Gasteiger partial charge in [-0.15, -0.1) is 0 Å². The van der Waals surface area contributed by atoms with Crippen LogP contribution in [0.3, 0.4) is 0 Å². The minimum absolute atomic E-state index is 0.728. The molecule has 0 saturated carbocycles. The molecule has 0 aliphatic carbocycles. The van der Waals surface area contributed by atoms with Crippen molar-refractivity contribution >= 4 is 27.5 Å². The summed E-state index contributed by atoms with van der Waals surface area (Å²) in [7, 11) is 1.79. The van der Waals surface area contributed by atoms with Crippen molar-refractivity contribution in [2.24, 2.45) is 5.92 Å². The Bertz CT molecular complexity index is 391. The number of hydrogen-bond donors (Lipinski definition) is 0. The smallest absolute Gasteiger partial charge is 0.0491 e. The first-order chi connectivity index (χ1) is 8.69. The Morgan fingerprint density at radius 2 is 2.11 bits per heavy atom. The largest absolute Gasteiger partial charge is 0.384 e. The summed E-state index contributed by atoms with van der Waals surface area (Å²) in [6.45, 7) is 4.12. The van der Waals surface area contributed by atoms with Crippen LogP contribution in [-0.4, -0.2) is 31.7 Å². The van der Waals surface area contributed by atoms with Crippen LogP contribution in [0.4, 0.5) is 0 Å². The van der Waals surface area contributed by atoms with Crippen molar-refractivity contribution < 1.29 is 4.74 Å². The molecule has 1 aromatic carbocycles. The Morgan fingerprint density at radius 1 is 1.39 bits per heavy atom. The van der Waals surface area contributed by atoms with Gasteiger partial charge in [-0.1, -0.05) is 33.6 Å². The van der Waals surface area contributed by atoms with Gasteiger partial charge in [-0.05, 0) is 49.5 Å². The molecule has 0 bridgehead atoms. The third-order valence-corrected chi connectivity index (χ3v) is 4.36. The van der Waals surface area contributed by atoms with Gasteiger partial charge < -0.3 is 4.74 Å². The van der Waals surface area contributed by atoms with Crippen LogP contribution in [0.5, 0.6) is 0 Å². The van der Waals surface area contributed by atoms with Crippen LogP contribution >= 0.6 is 27.5 Å². The fourth-order valence-corrected chi connectivity index (χ4v) is 3.17. The predicted molar refractivity (Wildman–Crippen MR) is 79.0 cm³/mol. The average molecular weight is 333 g/mol. The number of likely N-dealkylation sites (tertiary alicyclic amines) is 1. The quantitative estimate of drug-likeness (QED) is 0.827. The molecule has 2 rings (SSSR count). The van der Waals surface area contributed by atoms with E-state index in [0.29, 0.717) is 0 Å². The number of piperidine rings is 1. The van der Waals surface area contributed by atoms with E-state index < -0.39 is 0 Å². The lowest BCUT2D eigenvalue weighted by Crippen LogP contribution is -2.34. The maximum absolute atomic E-state index is 6.25. The number of halogens is 2. The van der Waals surface area contributed by atoms with E-state index in [1.165, 1.54) is 18.4 Å². The Kier molecular flexibility index (Phi) is 5.49. The van der Waals surface area contributed by atoms with Crippen molar-refractivity contribution in [3.8, 4) is 0 Å². The minimum Gasteiger partial charge on any atom is -0.384 e. The zero-order valence-electron chi connectivity index (χ0n) is 10.7. The molecule has 0 N–H and O–H groups in total. The Balaban J connectivity index is 1.87. The van der Waals surface area contributed by atoms with Crippen LogP contribution in [-0.2, 0) is 11.3 Å². The number of rotatable bonds is 4. The van der Waals surface area contributed by atoms with Gasteiger partial charge in [-0.3, -0.25) is 4.90 Å². The number of nitrogens with zero attached hydrogens (tertiary/aromatic N) is 1. The highest BCUT2D eigenvalue weighted by molar-refractivity contribution is 9.10. The van der Waals surface area contributed by atoms with Gasteiger partial charge in [0.1, 0.15) is 0 Å². The van der Waals surface area contributed by atoms with Gasteiger partial charge in [0.05, 0.1) is 0 Å². The summed E-state index contributed by atoms with van der Waals surface area (Å²) in [6, 6.07) is 6.13. The molecule has 2 nitrogen and oxygen atoms in total. The summed E-state index contributed by atoms with van der Waals surface area (Å²) in [6.07, 6.45) is 2.45. The first-order valence-corrected chi connectivity index (χ1v) is 7.51. The summed E-state index contributed by atoms with van der Waals surface area (Å²) in [4.78, 5) is 2.47. The van der Waals surface area contributed by atoms with Crippen LogP contribution in [0.25, 0.3) is 0 Å². The lowest BCUT2D eigenvalue weighted by molar-refractivity contribution is 0.0968. The lowest BCUT2D eigenvalue weighted by atomic mass is 9.97. The van der Waals surface area contributed by atoms with E-state index >= 15 is 0 Å². The van der Waals surface area contributed by atoms with E-state index in [9.17, 15) is 0 Å². The molecule has 100 valence electrons. The summed E-state index contributed by atoms with van der Waals surface area (Å²) in [5.41, 5.74) is 1.21. The zero-order valence-corrected chi connectivity index (χ0v) is 13.0. The molecule has 1 heterocycles. The molecule has 1 aromatic rings. The first-order valence-electron chi connectivity index (χ1n) is 6.34. The van der Waals surface area contributed by atoms with Gasteiger partial charge in [-0.2, -0.15) is 0 Å². The van der Waals surface area contributed by atoms with Crippen LogP contribution < -0.4 is 0 Å². The topological polar surface area (TPSA) is 12.5 Å². The molecule has 0 unspecified atom stereocenters. The van der Waals surface area contributed by atoms with Crippen molar-refractivity contribution in [1.29, 1.82) is 0 Å². The van der Waals surface area contributed by atoms with Gasteiger partial charge in [-0.25, -0.2) is 0 Å². The molecule has 0 amide bonds. The first kappa shape index (κ1) is 14.3. The summed E-state index contributed by atoms with van der Waals surface area (Å²) >= 11 is 9.69. The lowest BCUT2D eigenvalue weighted by Gasteiger charge is -2.31. The van der Waals surface area contributed by atoms with Gasteiger partial charge in [0.2, 0.25) is 0 Å².